The molecule has 0 aliphatic heterocycles. The Kier molecular flexibility index (Phi) is 2.95. The topological polar surface area (TPSA) is 52.4 Å². The summed E-state index contributed by atoms with van der Waals surface area (Å²) in [5.41, 5.74) is 0.156. The van der Waals surface area contributed by atoms with Gasteiger partial charge in [-0.05, 0) is 18.6 Å². The molecule has 6 heteroatoms. The molecular weight excluding hydrogens is 196 g/mol. The molecule has 0 aliphatic carbocycles. The van der Waals surface area contributed by atoms with Crippen molar-refractivity contribution in [2.24, 2.45) is 0 Å². The molecule has 0 saturated carbocycles. The summed E-state index contributed by atoms with van der Waals surface area (Å²) in [6, 6.07) is 3.79. The van der Waals surface area contributed by atoms with Gasteiger partial charge in [-0.15, -0.1) is 0 Å². The lowest BCUT2D eigenvalue weighted by atomic mass is 10.2. The van der Waals surface area contributed by atoms with E-state index in [0.717, 1.165) is 6.07 Å². The molecule has 0 heterocycles. The average Bonchev–Trinajstić information content (AvgIpc) is 2.07. The van der Waals surface area contributed by atoms with Gasteiger partial charge in [-0.25, -0.2) is 0 Å². The van der Waals surface area contributed by atoms with Crippen molar-refractivity contribution in [2.45, 2.75) is 13.5 Å². The molecule has 0 N–H and O–H groups in total. The highest BCUT2D eigenvalue weighted by Crippen LogP contribution is 2.28. The minimum Gasteiger partial charge on any atom is -0.427 e. The van der Waals surface area contributed by atoms with Crippen LogP contribution in [0.3, 0.4) is 0 Å². The van der Waals surface area contributed by atoms with Crippen LogP contribution in [0.2, 0.25) is 0 Å². The SMILES string of the molecule is Cc1ccc(OC(F)F)c([N+](=O)[O-])c1. The molecule has 1 rings (SSSR count). The van der Waals surface area contributed by atoms with Crippen LogP contribution in [0.4, 0.5) is 14.5 Å². The lowest BCUT2D eigenvalue weighted by Crippen LogP contribution is -2.04. The Morgan fingerprint density at radius 1 is 1.50 bits per heavy atom. The van der Waals surface area contributed by atoms with Crippen molar-refractivity contribution in [3.63, 3.8) is 0 Å². The smallest absolute Gasteiger partial charge is 0.387 e. The Bertz CT molecular complexity index is 354. The number of rotatable bonds is 3. The van der Waals surface area contributed by atoms with Crippen molar-refractivity contribution in [2.75, 3.05) is 0 Å². The summed E-state index contributed by atoms with van der Waals surface area (Å²) < 4.78 is 27.6. The number of hydrogen-bond donors (Lipinski definition) is 0. The zero-order valence-electron chi connectivity index (χ0n) is 7.24. The lowest BCUT2D eigenvalue weighted by Gasteiger charge is -2.04. The minimum atomic E-state index is -3.06. The highest BCUT2D eigenvalue weighted by Gasteiger charge is 2.17. The number of halogens is 2. The maximum atomic E-state index is 11.8. The van der Waals surface area contributed by atoms with Gasteiger partial charge in [-0.1, -0.05) is 6.07 Å². The van der Waals surface area contributed by atoms with E-state index < -0.39 is 23.0 Å². The van der Waals surface area contributed by atoms with Gasteiger partial charge in [0.2, 0.25) is 5.75 Å². The number of nitrogens with zero attached hydrogens (tertiary/aromatic N) is 1. The van der Waals surface area contributed by atoms with E-state index in [1.165, 1.54) is 12.1 Å². The van der Waals surface area contributed by atoms with Crippen LogP contribution in [0, 0.1) is 17.0 Å². The van der Waals surface area contributed by atoms with E-state index in [9.17, 15) is 18.9 Å². The molecule has 0 bridgehead atoms. The minimum absolute atomic E-state index is 0.421. The molecule has 0 saturated heterocycles. The number of nitro groups is 1. The van der Waals surface area contributed by atoms with Crippen molar-refractivity contribution in [3.8, 4) is 5.75 Å². The van der Waals surface area contributed by atoms with Crippen LogP contribution >= 0.6 is 0 Å². The number of aryl methyl sites for hydroxylation is 1. The van der Waals surface area contributed by atoms with E-state index in [1.54, 1.807) is 6.92 Å². The van der Waals surface area contributed by atoms with Gasteiger partial charge in [0.05, 0.1) is 4.92 Å². The Balaban J connectivity index is 3.08. The molecule has 0 spiro atoms. The predicted molar refractivity (Wildman–Crippen MR) is 44.5 cm³/mol. The van der Waals surface area contributed by atoms with Gasteiger partial charge in [-0.3, -0.25) is 10.1 Å². The second kappa shape index (κ2) is 3.99. The third-order valence-electron chi connectivity index (χ3n) is 1.53. The summed E-state index contributed by atoms with van der Waals surface area (Å²) in [5, 5.41) is 10.4. The normalized spacial score (nSPS) is 10.3. The first kappa shape index (κ1) is 10.4. The Morgan fingerprint density at radius 3 is 2.64 bits per heavy atom. The first-order valence-corrected chi connectivity index (χ1v) is 3.70. The molecule has 0 aromatic heterocycles. The fourth-order valence-electron chi connectivity index (χ4n) is 0.966. The van der Waals surface area contributed by atoms with Crippen LogP contribution in [0.1, 0.15) is 5.56 Å². The van der Waals surface area contributed by atoms with Crippen molar-refractivity contribution in [1.29, 1.82) is 0 Å². The fourth-order valence-corrected chi connectivity index (χ4v) is 0.966. The lowest BCUT2D eigenvalue weighted by molar-refractivity contribution is -0.386. The molecule has 4 nitrogen and oxygen atoms in total. The fraction of sp³-hybridized carbons (Fsp3) is 0.250. The number of alkyl halides is 2. The molecule has 1 aromatic rings. The summed E-state index contributed by atoms with van der Waals surface area (Å²) in [6.07, 6.45) is 0. The molecular formula is C8H7F2NO3. The van der Waals surface area contributed by atoms with Gasteiger partial charge in [0, 0.05) is 6.07 Å². The van der Waals surface area contributed by atoms with Gasteiger partial charge >= 0.3 is 12.3 Å². The van der Waals surface area contributed by atoms with Crippen LogP contribution in [0.5, 0.6) is 5.75 Å². The summed E-state index contributed by atoms with van der Waals surface area (Å²) >= 11 is 0. The van der Waals surface area contributed by atoms with Gasteiger partial charge in [-0.2, -0.15) is 8.78 Å². The third-order valence-corrected chi connectivity index (χ3v) is 1.53. The summed E-state index contributed by atoms with van der Waals surface area (Å²) in [6.45, 7) is -1.43. The molecule has 0 amide bonds. The second-order valence-electron chi connectivity index (χ2n) is 2.61. The van der Waals surface area contributed by atoms with E-state index in [2.05, 4.69) is 4.74 Å². The molecule has 1 aromatic carbocycles. The molecule has 0 fully saturated rings. The van der Waals surface area contributed by atoms with Crippen molar-refractivity contribution >= 4 is 5.69 Å². The van der Waals surface area contributed by atoms with Gasteiger partial charge in [0.25, 0.3) is 0 Å². The first-order valence-electron chi connectivity index (χ1n) is 3.70. The van der Waals surface area contributed by atoms with Crippen molar-refractivity contribution in [3.05, 3.63) is 33.9 Å². The zero-order valence-corrected chi connectivity index (χ0v) is 7.24. The van der Waals surface area contributed by atoms with Crippen LogP contribution in [-0.2, 0) is 0 Å². The van der Waals surface area contributed by atoms with Gasteiger partial charge < -0.3 is 4.74 Å². The maximum Gasteiger partial charge on any atom is 0.387 e. The zero-order chi connectivity index (χ0) is 10.7. The summed E-state index contributed by atoms with van der Waals surface area (Å²) in [7, 11) is 0. The largest absolute Gasteiger partial charge is 0.427 e. The average molecular weight is 203 g/mol. The number of hydrogen-bond acceptors (Lipinski definition) is 3. The first-order chi connectivity index (χ1) is 6.50. The van der Waals surface area contributed by atoms with Crippen molar-refractivity contribution < 1.29 is 18.4 Å². The third kappa shape index (κ3) is 2.38. The van der Waals surface area contributed by atoms with Gasteiger partial charge in [0.1, 0.15) is 0 Å². The van der Waals surface area contributed by atoms with Crippen molar-refractivity contribution in [1.82, 2.24) is 0 Å². The highest BCUT2D eigenvalue weighted by atomic mass is 19.3. The molecule has 0 atom stereocenters. The predicted octanol–water partition coefficient (Wildman–Crippen LogP) is 2.50. The van der Waals surface area contributed by atoms with Gasteiger partial charge in [0.15, 0.2) is 0 Å². The summed E-state index contributed by atoms with van der Waals surface area (Å²) in [5.74, 6) is -0.421. The number of nitro benzene ring substituents is 1. The molecule has 14 heavy (non-hydrogen) atoms. The Labute approximate surface area is 78.3 Å². The number of benzene rings is 1. The van der Waals surface area contributed by atoms with Crippen LogP contribution < -0.4 is 4.74 Å². The standard InChI is InChI=1S/C8H7F2NO3/c1-5-2-3-7(14-8(9)10)6(4-5)11(12)13/h2-4,8H,1H3. The number of ether oxygens (including phenoxy) is 1. The van der Waals surface area contributed by atoms with Crippen LogP contribution in [0.25, 0.3) is 0 Å². The van der Waals surface area contributed by atoms with Crippen LogP contribution in [0.15, 0.2) is 18.2 Å². The quantitative estimate of drug-likeness (QED) is 0.560. The van der Waals surface area contributed by atoms with E-state index >= 15 is 0 Å². The molecule has 0 unspecified atom stereocenters. The van der Waals surface area contributed by atoms with E-state index in [0.29, 0.717) is 5.56 Å². The van der Waals surface area contributed by atoms with Crippen LogP contribution in [-0.4, -0.2) is 11.5 Å². The Hall–Kier alpha value is -1.72. The Morgan fingerprint density at radius 2 is 2.14 bits per heavy atom. The van der Waals surface area contributed by atoms with E-state index in [4.69, 9.17) is 0 Å². The molecule has 0 radical (unpaired) electrons. The highest BCUT2D eigenvalue weighted by molar-refractivity contribution is 5.48. The molecule has 0 aliphatic rings. The molecule has 76 valence electrons. The van der Waals surface area contributed by atoms with E-state index in [1.807, 2.05) is 0 Å². The summed E-state index contributed by atoms with van der Waals surface area (Å²) in [4.78, 5) is 9.68. The monoisotopic (exact) mass is 203 g/mol. The maximum absolute atomic E-state index is 11.8. The van der Waals surface area contributed by atoms with E-state index in [-0.39, 0.29) is 0 Å². The second-order valence-corrected chi connectivity index (χ2v) is 2.61.